The van der Waals surface area contributed by atoms with Crippen LogP contribution in [-0.4, -0.2) is 14.4 Å². The fraction of sp³-hybridized carbons (Fsp3) is 0.0625. The van der Waals surface area contributed by atoms with Gasteiger partial charge in [0.2, 0.25) is 0 Å². The lowest BCUT2D eigenvalue weighted by molar-refractivity contribution is 1.24. The molecule has 0 aliphatic heterocycles. The zero-order valence-electron chi connectivity index (χ0n) is 18.9. The second-order valence-electron chi connectivity index (χ2n) is 9.80. The van der Waals surface area contributed by atoms with E-state index in [4.69, 9.17) is 4.98 Å². The third-order valence-corrected chi connectivity index (χ3v) is 8.14. The summed E-state index contributed by atoms with van der Waals surface area (Å²) in [5.41, 5.74) is 15.7. The summed E-state index contributed by atoms with van der Waals surface area (Å²) in [5.74, 6) is 0. The number of rotatable bonds is 0. The number of imidazole rings is 1. The number of aromatic nitrogens is 3. The number of benzene rings is 4. The molecule has 0 saturated carbocycles. The molecule has 162 valence electrons. The van der Waals surface area contributed by atoms with Crippen molar-refractivity contribution in [3.63, 3.8) is 0 Å². The zero-order chi connectivity index (χ0) is 22.7. The molecule has 9 rings (SSSR count). The summed E-state index contributed by atoms with van der Waals surface area (Å²) in [6.07, 6.45) is 5.85. The minimum Gasteiger partial charge on any atom is -0.292 e. The van der Waals surface area contributed by atoms with E-state index in [1.54, 1.807) is 0 Å². The molecule has 0 atom stereocenters. The molecule has 0 amide bonds. The van der Waals surface area contributed by atoms with Gasteiger partial charge in [0.15, 0.2) is 0 Å². The maximum atomic E-state index is 5.18. The van der Waals surface area contributed by atoms with Crippen LogP contribution >= 0.6 is 0 Å². The molecule has 2 aliphatic rings. The molecule has 3 nitrogen and oxygen atoms in total. The minimum absolute atomic E-state index is 0.935. The number of hydrogen-bond acceptors (Lipinski definition) is 2. The summed E-state index contributed by atoms with van der Waals surface area (Å²) in [7, 11) is 0. The second-order valence-corrected chi connectivity index (χ2v) is 9.80. The van der Waals surface area contributed by atoms with Crippen molar-refractivity contribution in [2.75, 3.05) is 0 Å². The smallest absolute Gasteiger partial charge is 0.146 e. The number of pyridine rings is 2. The van der Waals surface area contributed by atoms with Crippen LogP contribution in [0.4, 0.5) is 0 Å². The Morgan fingerprint density at radius 1 is 0.629 bits per heavy atom. The molecule has 0 fully saturated rings. The third-order valence-electron chi connectivity index (χ3n) is 8.14. The molecule has 0 unspecified atom stereocenters. The highest BCUT2D eigenvalue weighted by Gasteiger charge is 2.30. The Labute approximate surface area is 201 Å². The Bertz CT molecular complexity index is 2060. The van der Waals surface area contributed by atoms with E-state index in [1.165, 1.54) is 60.7 Å². The Kier molecular flexibility index (Phi) is 3.14. The van der Waals surface area contributed by atoms with E-state index in [0.717, 1.165) is 35.0 Å². The first-order valence-corrected chi connectivity index (χ1v) is 12.2. The van der Waals surface area contributed by atoms with E-state index >= 15 is 0 Å². The first-order valence-electron chi connectivity index (χ1n) is 12.2. The number of para-hydroxylation sites is 2. The largest absolute Gasteiger partial charge is 0.292 e. The van der Waals surface area contributed by atoms with Gasteiger partial charge >= 0.3 is 0 Å². The van der Waals surface area contributed by atoms with Crippen molar-refractivity contribution in [3.05, 3.63) is 114 Å². The van der Waals surface area contributed by atoms with Gasteiger partial charge in [0.1, 0.15) is 5.65 Å². The summed E-state index contributed by atoms with van der Waals surface area (Å²) >= 11 is 0. The lowest BCUT2D eigenvalue weighted by Gasteiger charge is -2.12. The van der Waals surface area contributed by atoms with E-state index in [2.05, 4.69) is 88.2 Å². The van der Waals surface area contributed by atoms with Crippen LogP contribution in [-0.2, 0) is 12.8 Å². The molecular weight excluding hydrogens is 426 g/mol. The Balaban J connectivity index is 1.44. The second kappa shape index (κ2) is 6.13. The maximum absolute atomic E-state index is 5.18. The Hall–Kier alpha value is -4.50. The quantitative estimate of drug-likeness (QED) is 0.229. The molecule has 3 heteroatoms. The van der Waals surface area contributed by atoms with E-state index in [-0.39, 0.29) is 0 Å². The summed E-state index contributed by atoms with van der Waals surface area (Å²) in [6.45, 7) is 0. The first kappa shape index (κ1) is 17.9. The third kappa shape index (κ3) is 2.12. The summed E-state index contributed by atoms with van der Waals surface area (Å²) in [6, 6.07) is 28.8. The van der Waals surface area contributed by atoms with E-state index in [0.29, 0.717) is 0 Å². The molecule has 0 bridgehead atoms. The lowest BCUT2D eigenvalue weighted by Crippen LogP contribution is -1.95. The van der Waals surface area contributed by atoms with Crippen LogP contribution in [0.1, 0.15) is 22.3 Å². The number of hydrogen-bond donors (Lipinski definition) is 0. The van der Waals surface area contributed by atoms with Crippen molar-refractivity contribution >= 4 is 38.4 Å². The molecule has 2 aliphatic carbocycles. The molecule has 7 aromatic rings. The molecule has 4 aromatic carbocycles. The highest BCUT2D eigenvalue weighted by molar-refractivity contribution is 6.17. The summed E-state index contributed by atoms with van der Waals surface area (Å²) < 4.78 is 2.33. The predicted molar refractivity (Wildman–Crippen MR) is 142 cm³/mol. The Morgan fingerprint density at radius 3 is 2.49 bits per heavy atom. The number of nitrogens with zero attached hydrogens (tertiary/aromatic N) is 3. The van der Waals surface area contributed by atoms with Crippen LogP contribution in [0, 0.1) is 0 Å². The van der Waals surface area contributed by atoms with Crippen LogP contribution in [0.3, 0.4) is 0 Å². The van der Waals surface area contributed by atoms with Crippen molar-refractivity contribution in [1.29, 1.82) is 0 Å². The monoisotopic (exact) mass is 445 g/mol. The van der Waals surface area contributed by atoms with Crippen LogP contribution in [0.15, 0.2) is 91.3 Å². The van der Waals surface area contributed by atoms with Gasteiger partial charge in [-0.15, -0.1) is 0 Å². The van der Waals surface area contributed by atoms with Crippen molar-refractivity contribution in [2.45, 2.75) is 12.8 Å². The Morgan fingerprint density at radius 2 is 1.49 bits per heavy atom. The molecular formula is C32H19N3. The average Bonchev–Trinajstić information content (AvgIpc) is 3.59. The predicted octanol–water partition coefficient (Wildman–Crippen LogP) is 7.33. The van der Waals surface area contributed by atoms with Crippen molar-refractivity contribution in [1.82, 2.24) is 14.4 Å². The van der Waals surface area contributed by atoms with Gasteiger partial charge in [-0.2, -0.15) is 0 Å². The normalized spacial score (nSPS) is 13.5. The maximum Gasteiger partial charge on any atom is 0.146 e. The minimum atomic E-state index is 0.935. The van der Waals surface area contributed by atoms with Gasteiger partial charge in [-0.25, -0.2) is 4.98 Å². The molecule has 3 heterocycles. The summed E-state index contributed by atoms with van der Waals surface area (Å²) in [5, 5.41) is 3.67. The van der Waals surface area contributed by atoms with Gasteiger partial charge in [0, 0.05) is 29.6 Å². The molecule has 3 aromatic heterocycles. The molecule has 0 saturated heterocycles. The van der Waals surface area contributed by atoms with Crippen molar-refractivity contribution < 1.29 is 0 Å². The topological polar surface area (TPSA) is 30.2 Å². The van der Waals surface area contributed by atoms with Gasteiger partial charge in [-0.3, -0.25) is 9.38 Å². The van der Waals surface area contributed by atoms with Crippen LogP contribution in [0.5, 0.6) is 0 Å². The summed E-state index contributed by atoms with van der Waals surface area (Å²) in [4.78, 5) is 9.69. The highest BCUT2D eigenvalue weighted by atomic mass is 15.0. The van der Waals surface area contributed by atoms with E-state index in [1.807, 2.05) is 12.4 Å². The van der Waals surface area contributed by atoms with Gasteiger partial charge in [-0.05, 0) is 74.5 Å². The van der Waals surface area contributed by atoms with Gasteiger partial charge in [0.05, 0.1) is 16.6 Å². The fourth-order valence-electron chi connectivity index (χ4n) is 6.71. The van der Waals surface area contributed by atoms with Gasteiger partial charge < -0.3 is 0 Å². The van der Waals surface area contributed by atoms with Crippen molar-refractivity contribution in [3.8, 4) is 22.3 Å². The van der Waals surface area contributed by atoms with Crippen LogP contribution in [0.25, 0.3) is 60.6 Å². The molecule has 0 radical (unpaired) electrons. The SMILES string of the molecule is c1ccc2c(c1)Cc1ccc3c(c1-2)Cc1c-3ccc2c3cnccc3n3c4ccccc4nc3c12. The fourth-order valence-corrected chi connectivity index (χ4v) is 6.71. The van der Waals surface area contributed by atoms with Crippen molar-refractivity contribution in [2.24, 2.45) is 0 Å². The first-order chi connectivity index (χ1) is 17.4. The van der Waals surface area contributed by atoms with Gasteiger partial charge in [-0.1, -0.05) is 60.7 Å². The molecule has 0 spiro atoms. The standard InChI is InChI=1S/C32H19N3/c1-2-6-20-18(5-1)15-19-9-10-21-22-11-12-23-26-17-33-14-13-28(26)35-29-8-4-3-7-27(29)34-32(35)31(23)25(22)16-24(21)30(19)20/h1-14,17H,15-16H2. The van der Waals surface area contributed by atoms with Crippen LogP contribution in [0.2, 0.25) is 0 Å². The molecule has 35 heavy (non-hydrogen) atoms. The lowest BCUT2D eigenvalue weighted by atomic mass is 9.95. The highest BCUT2D eigenvalue weighted by Crippen LogP contribution is 2.50. The molecule has 0 N–H and O–H groups in total. The van der Waals surface area contributed by atoms with Gasteiger partial charge in [0.25, 0.3) is 0 Å². The van der Waals surface area contributed by atoms with E-state index < -0.39 is 0 Å². The van der Waals surface area contributed by atoms with Crippen LogP contribution < -0.4 is 0 Å². The average molecular weight is 446 g/mol. The zero-order valence-corrected chi connectivity index (χ0v) is 18.9. The number of fused-ring (bicyclic) bond motifs is 16. The van der Waals surface area contributed by atoms with E-state index in [9.17, 15) is 0 Å².